The minimum Gasteiger partial charge on any atom is -0.496 e. The van der Waals surface area contributed by atoms with E-state index >= 15 is 0 Å². The molecule has 8 nitrogen and oxygen atoms in total. The van der Waals surface area contributed by atoms with Crippen LogP contribution in [0.3, 0.4) is 0 Å². The molecule has 0 radical (unpaired) electrons. The molecule has 0 bridgehead atoms. The lowest BCUT2D eigenvalue weighted by atomic mass is 10.0. The molecule has 1 fully saturated rings. The molecule has 35 heavy (non-hydrogen) atoms. The largest absolute Gasteiger partial charge is 0.496 e. The number of rotatable bonds is 7. The molecule has 0 N–H and O–H groups in total. The highest BCUT2D eigenvalue weighted by Gasteiger charge is 2.28. The lowest BCUT2D eigenvalue weighted by molar-refractivity contribution is 0.0629. The highest BCUT2D eigenvalue weighted by Crippen LogP contribution is 2.27. The number of benzene rings is 1. The number of aryl methyl sites for hydroxylation is 2. The fourth-order valence-electron chi connectivity index (χ4n) is 4.80. The van der Waals surface area contributed by atoms with Crippen molar-refractivity contribution in [2.24, 2.45) is 0 Å². The van der Waals surface area contributed by atoms with Crippen molar-refractivity contribution in [3.05, 3.63) is 64.7 Å². The Kier molecular flexibility index (Phi) is 7.40. The summed E-state index contributed by atoms with van der Waals surface area (Å²) >= 11 is 0. The third-order valence-electron chi connectivity index (χ3n) is 6.94. The standard InChI is InChI=1S/C27H35N5O3/c1-18-7-8-25(34-5)24(15-18)32-14-11-22(29-32)27(33)30(4)21-9-12-31(13-10-21)17-23-20(3)26(35-6)19(2)16-28-23/h7-8,11,14-16,21H,9-10,12-13,17H2,1-6H3. The van der Waals surface area contributed by atoms with Crippen LogP contribution in [0, 0.1) is 20.8 Å². The Bertz CT molecular complexity index is 1200. The van der Waals surface area contributed by atoms with Gasteiger partial charge in [0, 0.05) is 56.2 Å². The zero-order valence-electron chi connectivity index (χ0n) is 21.5. The molecule has 4 rings (SSSR count). The molecular weight excluding hydrogens is 442 g/mol. The van der Waals surface area contributed by atoms with Crippen molar-refractivity contribution in [1.29, 1.82) is 0 Å². The van der Waals surface area contributed by atoms with E-state index in [4.69, 9.17) is 9.47 Å². The van der Waals surface area contributed by atoms with Crippen molar-refractivity contribution in [1.82, 2.24) is 24.6 Å². The summed E-state index contributed by atoms with van der Waals surface area (Å²) in [5, 5.41) is 4.56. The molecule has 3 heterocycles. The SMILES string of the molecule is COc1ccc(C)cc1-n1ccc(C(=O)N(C)C2CCN(Cc3ncc(C)c(OC)c3C)CC2)n1. The number of piperidine rings is 1. The monoisotopic (exact) mass is 477 g/mol. The molecule has 0 aliphatic carbocycles. The van der Waals surface area contributed by atoms with Crippen molar-refractivity contribution in [2.45, 2.75) is 46.2 Å². The minimum atomic E-state index is -0.0606. The van der Waals surface area contributed by atoms with Crippen LogP contribution in [0.1, 0.15) is 45.7 Å². The second-order valence-corrected chi connectivity index (χ2v) is 9.29. The van der Waals surface area contributed by atoms with Crippen molar-refractivity contribution in [3.63, 3.8) is 0 Å². The van der Waals surface area contributed by atoms with Gasteiger partial charge in [0.2, 0.25) is 0 Å². The van der Waals surface area contributed by atoms with E-state index in [1.165, 1.54) is 0 Å². The van der Waals surface area contributed by atoms with Crippen molar-refractivity contribution >= 4 is 5.91 Å². The van der Waals surface area contributed by atoms with Crippen LogP contribution in [-0.4, -0.2) is 70.9 Å². The molecule has 1 aromatic carbocycles. The summed E-state index contributed by atoms with van der Waals surface area (Å²) in [4.78, 5) is 22.1. The molecule has 1 aliphatic rings. The minimum absolute atomic E-state index is 0.0606. The first kappa shape index (κ1) is 24.7. The summed E-state index contributed by atoms with van der Waals surface area (Å²) in [7, 11) is 5.22. The van der Waals surface area contributed by atoms with Crippen LogP contribution in [0.4, 0.5) is 0 Å². The number of hydrogen-bond donors (Lipinski definition) is 0. The Balaban J connectivity index is 1.38. The van der Waals surface area contributed by atoms with Gasteiger partial charge in [-0.15, -0.1) is 0 Å². The number of hydrogen-bond acceptors (Lipinski definition) is 6. The van der Waals surface area contributed by atoms with Crippen LogP contribution in [-0.2, 0) is 6.54 Å². The highest BCUT2D eigenvalue weighted by atomic mass is 16.5. The molecule has 0 spiro atoms. The number of methoxy groups -OCH3 is 2. The zero-order chi connectivity index (χ0) is 25.1. The predicted octanol–water partition coefficient (Wildman–Crippen LogP) is 3.95. The Hall–Kier alpha value is -3.39. The molecule has 1 saturated heterocycles. The van der Waals surface area contributed by atoms with Crippen molar-refractivity contribution < 1.29 is 14.3 Å². The average Bonchev–Trinajstić information content (AvgIpc) is 3.36. The molecule has 8 heteroatoms. The van der Waals surface area contributed by atoms with E-state index < -0.39 is 0 Å². The van der Waals surface area contributed by atoms with Gasteiger partial charge in [-0.05, 0) is 57.4 Å². The van der Waals surface area contributed by atoms with Gasteiger partial charge >= 0.3 is 0 Å². The van der Waals surface area contributed by atoms with Gasteiger partial charge in [-0.25, -0.2) is 4.68 Å². The van der Waals surface area contributed by atoms with Gasteiger partial charge in [-0.3, -0.25) is 14.7 Å². The quantitative estimate of drug-likeness (QED) is 0.513. The first-order valence-corrected chi connectivity index (χ1v) is 12.0. The van der Waals surface area contributed by atoms with Crippen LogP contribution >= 0.6 is 0 Å². The fraction of sp³-hybridized carbons (Fsp3) is 0.444. The van der Waals surface area contributed by atoms with Gasteiger partial charge in [-0.1, -0.05) is 6.07 Å². The predicted molar refractivity (Wildman–Crippen MR) is 136 cm³/mol. The second-order valence-electron chi connectivity index (χ2n) is 9.29. The Morgan fingerprint density at radius 2 is 1.86 bits per heavy atom. The van der Waals surface area contributed by atoms with Gasteiger partial charge in [0.25, 0.3) is 5.91 Å². The zero-order valence-corrected chi connectivity index (χ0v) is 21.5. The maximum Gasteiger partial charge on any atom is 0.274 e. The van der Waals surface area contributed by atoms with Gasteiger partial charge in [-0.2, -0.15) is 5.10 Å². The molecule has 3 aromatic rings. The Labute approximate surface area is 207 Å². The Morgan fingerprint density at radius 1 is 1.11 bits per heavy atom. The summed E-state index contributed by atoms with van der Waals surface area (Å²) in [6, 6.07) is 7.86. The number of nitrogens with zero attached hydrogens (tertiary/aromatic N) is 5. The van der Waals surface area contributed by atoms with Gasteiger partial charge in [0.15, 0.2) is 5.69 Å². The lowest BCUT2D eigenvalue weighted by Gasteiger charge is -2.36. The maximum atomic E-state index is 13.2. The third kappa shape index (κ3) is 5.17. The van der Waals surface area contributed by atoms with Gasteiger partial charge in [0.1, 0.15) is 17.2 Å². The smallest absolute Gasteiger partial charge is 0.274 e. The second kappa shape index (κ2) is 10.5. The molecule has 186 valence electrons. The van der Waals surface area contributed by atoms with Crippen LogP contribution in [0.25, 0.3) is 5.69 Å². The summed E-state index contributed by atoms with van der Waals surface area (Å²) < 4.78 is 12.7. The van der Waals surface area contributed by atoms with E-state index in [9.17, 15) is 4.79 Å². The molecule has 0 unspecified atom stereocenters. The van der Waals surface area contributed by atoms with Gasteiger partial charge < -0.3 is 14.4 Å². The lowest BCUT2D eigenvalue weighted by Crippen LogP contribution is -2.45. The molecule has 0 atom stereocenters. The molecule has 0 saturated carbocycles. The summed E-state index contributed by atoms with van der Waals surface area (Å²) in [6.07, 6.45) is 5.52. The number of pyridine rings is 1. The molecule has 2 aromatic heterocycles. The van der Waals surface area contributed by atoms with Crippen LogP contribution < -0.4 is 9.47 Å². The number of aromatic nitrogens is 3. The number of carbonyl (C=O) groups excluding carboxylic acids is 1. The number of amides is 1. The maximum absolute atomic E-state index is 13.2. The van der Waals surface area contributed by atoms with E-state index in [1.54, 1.807) is 25.0 Å². The fourth-order valence-corrected chi connectivity index (χ4v) is 4.80. The van der Waals surface area contributed by atoms with E-state index in [-0.39, 0.29) is 11.9 Å². The Morgan fingerprint density at radius 3 is 2.54 bits per heavy atom. The van der Waals surface area contributed by atoms with E-state index in [0.29, 0.717) is 11.4 Å². The average molecular weight is 478 g/mol. The molecule has 1 amide bonds. The first-order chi connectivity index (χ1) is 16.8. The first-order valence-electron chi connectivity index (χ1n) is 12.0. The summed E-state index contributed by atoms with van der Waals surface area (Å²) in [5.41, 5.74) is 5.55. The topological polar surface area (TPSA) is 72.7 Å². The number of ether oxygens (including phenoxy) is 2. The summed E-state index contributed by atoms with van der Waals surface area (Å²) in [6.45, 7) is 8.71. The normalized spacial score (nSPS) is 14.7. The highest BCUT2D eigenvalue weighted by molar-refractivity contribution is 5.92. The summed E-state index contributed by atoms with van der Waals surface area (Å²) in [5.74, 6) is 1.57. The molecule has 1 aliphatic heterocycles. The van der Waals surface area contributed by atoms with Crippen LogP contribution in [0.5, 0.6) is 11.5 Å². The van der Waals surface area contributed by atoms with Crippen molar-refractivity contribution in [2.75, 3.05) is 34.4 Å². The van der Waals surface area contributed by atoms with Crippen molar-refractivity contribution in [3.8, 4) is 17.2 Å². The van der Waals surface area contributed by atoms with Crippen LogP contribution in [0.15, 0.2) is 36.7 Å². The number of carbonyl (C=O) groups is 1. The third-order valence-corrected chi connectivity index (χ3v) is 6.94. The van der Waals surface area contributed by atoms with E-state index in [2.05, 4.69) is 21.9 Å². The molecular formula is C27H35N5O3. The van der Waals surface area contributed by atoms with Crippen LogP contribution in [0.2, 0.25) is 0 Å². The number of likely N-dealkylation sites (tertiary alicyclic amines) is 1. The van der Waals surface area contributed by atoms with E-state index in [1.807, 2.05) is 56.4 Å². The van der Waals surface area contributed by atoms with Gasteiger partial charge in [0.05, 0.1) is 19.9 Å². The van der Waals surface area contributed by atoms with E-state index in [0.717, 1.165) is 66.3 Å².